The monoisotopic (exact) mass is 397 g/mol. The average Bonchev–Trinajstić information content (AvgIpc) is 3.20. The van der Waals surface area contributed by atoms with E-state index in [1.807, 2.05) is 58.0 Å². The van der Waals surface area contributed by atoms with Crippen LogP contribution in [-0.2, 0) is 16.0 Å². The molecule has 154 valence electrons. The van der Waals surface area contributed by atoms with Gasteiger partial charge in [-0.3, -0.25) is 4.79 Å². The normalized spacial score (nSPS) is 9.21. The Kier molecular flexibility index (Phi) is 10.0. The minimum Gasteiger partial charge on any atom is -0.495 e. The summed E-state index contributed by atoms with van der Waals surface area (Å²) in [5.74, 6) is 5.51. The molecule has 0 bridgehead atoms. The molecule has 0 saturated carbocycles. The van der Waals surface area contributed by atoms with Crippen LogP contribution in [0.25, 0.3) is 10.9 Å². The highest BCUT2D eigenvalue weighted by molar-refractivity contribution is 5.94. The summed E-state index contributed by atoms with van der Waals surface area (Å²) in [6.45, 7) is 8.00. The van der Waals surface area contributed by atoms with E-state index in [4.69, 9.17) is 9.47 Å². The molecule has 29 heavy (non-hydrogen) atoms. The van der Waals surface area contributed by atoms with Crippen molar-refractivity contribution in [1.82, 2.24) is 4.98 Å². The van der Waals surface area contributed by atoms with E-state index in [2.05, 4.69) is 16.8 Å². The molecule has 0 fully saturated rings. The summed E-state index contributed by atoms with van der Waals surface area (Å²) in [6.07, 6.45) is 1.60. The smallest absolute Gasteiger partial charge is 0.310 e. The molecule has 3 rings (SSSR count). The molecule has 0 saturated heterocycles. The van der Waals surface area contributed by atoms with Gasteiger partial charge in [-0.15, -0.1) is 0 Å². The van der Waals surface area contributed by atoms with Crippen molar-refractivity contribution in [2.45, 2.75) is 34.1 Å². The number of nitrogens with one attached hydrogen (secondary N) is 1. The largest absolute Gasteiger partial charge is 0.495 e. The van der Waals surface area contributed by atoms with Gasteiger partial charge in [0.15, 0.2) is 0 Å². The van der Waals surface area contributed by atoms with Crippen LogP contribution in [0, 0.1) is 17.7 Å². The lowest BCUT2D eigenvalue weighted by molar-refractivity contribution is -0.139. The first-order valence-electron chi connectivity index (χ1n) is 9.64. The maximum absolute atomic E-state index is 14.5. The van der Waals surface area contributed by atoms with Gasteiger partial charge < -0.3 is 14.5 Å². The number of fused-ring (bicyclic) bond motifs is 1. The van der Waals surface area contributed by atoms with Crippen LogP contribution in [-0.4, -0.2) is 25.2 Å². The van der Waals surface area contributed by atoms with Crippen LogP contribution in [0.4, 0.5) is 4.39 Å². The van der Waals surface area contributed by atoms with Crippen molar-refractivity contribution >= 4 is 16.9 Å². The van der Waals surface area contributed by atoms with Gasteiger partial charge in [0.2, 0.25) is 0 Å². The lowest BCUT2D eigenvalue weighted by Gasteiger charge is -2.08. The molecule has 1 heterocycles. The molecule has 0 aliphatic heterocycles. The Bertz CT molecular complexity index is 982. The topological polar surface area (TPSA) is 51.3 Å². The van der Waals surface area contributed by atoms with Crippen LogP contribution in [0.15, 0.2) is 42.6 Å². The number of rotatable bonds is 3. The number of H-pyrrole nitrogens is 1. The number of carbonyl (C=O) groups is 1. The zero-order valence-corrected chi connectivity index (χ0v) is 17.9. The molecule has 1 aromatic heterocycles. The highest BCUT2D eigenvalue weighted by Crippen LogP contribution is 2.34. The highest BCUT2D eigenvalue weighted by atomic mass is 19.1. The van der Waals surface area contributed by atoms with Crippen LogP contribution in [0.5, 0.6) is 5.75 Å². The van der Waals surface area contributed by atoms with Crippen LogP contribution < -0.4 is 4.74 Å². The van der Waals surface area contributed by atoms with Crippen LogP contribution in [0.2, 0.25) is 0 Å². The maximum Gasteiger partial charge on any atom is 0.310 e. The summed E-state index contributed by atoms with van der Waals surface area (Å²) in [5.41, 5.74) is 2.11. The van der Waals surface area contributed by atoms with E-state index >= 15 is 0 Å². The molecule has 0 amide bonds. The fourth-order valence-corrected chi connectivity index (χ4v) is 2.64. The summed E-state index contributed by atoms with van der Waals surface area (Å²) < 4.78 is 24.6. The quantitative estimate of drug-likeness (QED) is 0.470. The first-order chi connectivity index (χ1) is 14.1. The molecule has 5 heteroatoms. The van der Waals surface area contributed by atoms with Crippen molar-refractivity contribution in [2.24, 2.45) is 0 Å². The minimum absolute atomic E-state index is 0.0157. The number of aromatic amines is 1. The second kappa shape index (κ2) is 12.2. The fraction of sp³-hybridized carbons (Fsp3) is 0.292. The SMILES string of the molecule is CC.CC.COC(=O)Cc1c[nH]c2c(F)cc(C#Cc3ccccc3)c(OC)c12. The van der Waals surface area contributed by atoms with Crippen molar-refractivity contribution in [3.63, 3.8) is 0 Å². The van der Waals surface area contributed by atoms with Crippen molar-refractivity contribution in [2.75, 3.05) is 14.2 Å². The van der Waals surface area contributed by atoms with Gasteiger partial charge in [0.05, 0.1) is 31.7 Å². The molecule has 0 unspecified atom stereocenters. The van der Waals surface area contributed by atoms with Gasteiger partial charge >= 0.3 is 5.97 Å². The van der Waals surface area contributed by atoms with E-state index in [1.165, 1.54) is 20.3 Å². The van der Waals surface area contributed by atoms with E-state index in [0.29, 0.717) is 22.3 Å². The van der Waals surface area contributed by atoms with Gasteiger partial charge in [0.1, 0.15) is 11.6 Å². The molecular formula is C24H28FNO3. The number of methoxy groups -OCH3 is 2. The van der Waals surface area contributed by atoms with E-state index in [-0.39, 0.29) is 11.9 Å². The molecule has 0 atom stereocenters. The fourth-order valence-electron chi connectivity index (χ4n) is 2.64. The number of hydrogen-bond donors (Lipinski definition) is 1. The Morgan fingerprint density at radius 2 is 1.72 bits per heavy atom. The first kappa shape index (κ1) is 23.8. The summed E-state index contributed by atoms with van der Waals surface area (Å²) in [7, 11) is 2.81. The number of esters is 1. The lowest BCUT2D eigenvalue weighted by atomic mass is 10.0. The van der Waals surface area contributed by atoms with Gasteiger partial charge in [0.25, 0.3) is 0 Å². The Morgan fingerprint density at radius 1 is 1.07 bits per heavy atom. The van der Waals surface area contributed by atoms with Crippen LogP contribution in [0.1, 0.15) is 44.4 Å². The van der Waals surface area contributed by atoms with E-state index in [9.17, 15) is 9.18 Å². The minimum atomic E-state index is -0.454. The molecule has 2 aromatic carbocycles. The van der Waals surface area contributed by atoms with Crippen molar-refractivity contribution in [3.8, 4) is 17.6 Å². The number of benzene rings is 2. The Hall–Kier alpha value is -3.26. The van der Waals surface area contributed by atoms with Crippen molar-refractivity contribution in [3.05, 3.63) is 65.1 Å². The van der Waals surface area contributed by atoms with E-state index < -0.39 is 11.8 Å². The Labute approximate surface area is 172 Å². The van der Waals surface area contributed by atoms with Gasteiger partial charge in [-0.05, 0) is 23.8 Å². The van der Waals surface area contributed by atoms with Gasteiger partial charge in [-0.1, -0.05) is 57.7 Å². The summed E-state index contributed by atoms with van der Waals surface area (Å²) in [4.78, 5) is 14.5. The van der Waals surface area contributed by atoms with Gasteiger partial charge in [-0.25, -0.2) is 4.39 Å². The van der Waals surface area contributed by atoms with E-state index in [0.717, 1.165) is 5.56 Å². The van der Waals surface area contributed by atoms with Crippen molar-refractivity contribution < 1.29 is 18.7 Å². The lowest BCUT2D eigenvalue weighted by Crippen LogP contribution is -2.04. The molecule has 0 spiro atoms. The summed E-state index contributed by atoms with van der Waals surface area (Å²) in [6, 6.07) is 10.7. The molecule has 0 aliphatic rings. The second-order valence-electron chi connectivity index (χ2n) is 5.37. The van der Waals surface area contributed by atoms with Crippen LogP contribution >= 0.6 is 0 Å². The summed E-state index contributed by atoms with van der Waals surface area (Å²) in [5, 5.41) is 0.505. The predicted octanol–water partition coefficient (Wildman–Crippen LogP) is 5.48. The number of aromatic nitrogens is 1. The molecule has 3 aromatic rings. The zero-order chi connectivity index (χ0) is 21.8. The third-order valence-electron chi connectivity index (χ3n) is 3.83. The number of carbonyl (C=O) groups excluding carboxylic acids is 1. The maximum atomic E-state index is 14.5. The highest BCUT2D eigenvalue weighted by Gasteiger charge is 2.19. The van der Waals surface area contributed by atoms with Crippen molar-refractivity contribution in [1.29, 1.82) is 0 Å². The first-order valence-corrected chi connectivity index (χ1v) is 9.64. The predicted molar refractivity (Wildman–Crippen MR) is 116 cm³/mol. The Morgan fingerprint density at radius 3 is 2.31 bits per heavy atom. The average molecular weight is 397 g/mol. The zero-order valence-electron chi connectivity index (χ0n) is 17.9. The molecule has 0 aliphatic carbocycles. The molecule has 0 radical (unpaired) electrons. The number of hydrogen-bond acceptors (Lipinski definition) is 3. The molecule has 4 nitrogen and oxygen atoms in total. The number of halogens is 1. The molecule has 1 N–H and O–H groups in total. The van der Waals surface area contributed by atoms with E-state index in [1.54, 1.807) is 6.20 Å². The molecular weight excluding hydrogens is 369 g/mol. The van der Waals surface area contributed by atoms with Gasteiger partial charge in [0, 0.05) is 17.1 Å². The van der Waals surface area contributed by atoms with Crippen LogP contribution in [0.3, 0.4) is 0 Å². The second-order valence-corrected chi connectivity index (χ2v) is 5.37. The van der Waals surface area contributed by atoms with Gasteiger partial charge in [-0.2, -0.15) is 0 Å². The third-order valence-corrected chi connectivity index (χ3v) is 3.83. The number of ether oxygens (including phenoxy) is 2. The Balaban J connectivity index is 0.000000989. The summed E-state index contributed by atoms with van der Waals surface area (Å²) >= 11 is 0. The standard InChI is InChI=1S/C20H16FNO3.2C2H6/c1-24-17(23)11-15-12-22-19-16(21)10-14(20(25-2)18(15)19)9-8-13-6-4-3-5-7-13;2*1-2/h3-7,10,12,22H,11H2,1-2H3;2*1-2H3. The third kappa shape index (κ3) is 5.86.